The van der Waals surface area contributed by atoms with E-state index in [9.17, 15) is 29.2 Å². The van der Waals surface area contributed by atoms with Crippen molar-refractivity contribution in [1.29, 1.82) is 5.26 Å². The molecule has 4 fully saturated rings. The SMILES string of the molecule is CN(c1ccc(C#N)c(Cl)c1)[C@H]1CC[C@H](NC(=O)c2ccc(N3CCN(CC4CCN(c5ccc6c(c5)C(=O)N(C5CCC(=O)NC5=O)C6=O)CC4)CC3)cc2)CC1. The van der Waals surface area contributed by atoms with Crippen molar-refractivity contribution in [2.45, 2.75) is 69.5 Å². The molecule has 1 saturated carbocycles. The first-order valence-electron chi connectivity index (χ1n) is 20.5. The fraction of sp³-hybridized carbons (Fsp3) is 0.455. The Morgan fingerprint density at radius 1 is 0.810 bits per heavy atom. The van der Waals surface area contributed by atoms with Gasteiger partial charge in [-0.25, -0.2) is 0 Å². The van der Waals surface area contributed by atoms with Crippen molar-refractivity contribution >= 4 is 58.2 Å². The molecule has 5 amide bonds. The summed E-state index contributed by atoms with van der Waals surface area (Å²) in [5, 5.41) is 15.2. The zero-order chi connectivity index (χ0) is 40.5. The summed E-state index contributed by atoms with van der Waals surface area (Å²) in [6.07, 6.45) is 6.02. The number of carbonyl (C=O) groups excluding carboxylic acids is 5. The van der Waals surface area contributed by atoms with Gasteiger partial charge in [0.2, 0.25) is 11.8 Å². The van der Waals surface area contributed by atoms with Crippen molar-refractivity contribution < 1.29 is 24.0 Å². The molecule has 0 spiro atoms. The Kier molecular flexibility index (Phi) is 11.4. The number of imide groups is 2. The van der Waals surface area contributed by atoms with Crippen LogP contribution in [0.5, 0.6) is 0 Å². The minimum atomic E-state index is -0.967. The van der Waals surface area contributed by atoms with Crippen LogP contribution in [0.15, 0.2) is 60.7 Å². The molecule has 3 aromatic rings. The van der Waals surface area contributed by atoms with E-state index in [1.54, 1.807) is 18.2 Å². The van der Waals surface area contributed by atoms with Crippen molar-refractivity contribution in [1.82, 2.24) is 20.4 Å². The summed E-state index contributed by atoms with van der Waals surface area (Å²) in [6, 6.07) is 20.5. The number of fused-ring (bicyclic) bond motifs is 1. The lowest BCUT2D eigenvalue weighted by molar-refractivity contribution is -0.136. The largest absolute Gasteiger partial charge is 0.372 e. The Labute approximate surface area is 343 Å². The number of nitrogens with zero attached hydrogens (tertiary/aromatic N) is 6. The van der Waals surface area contributed by atoms with Crippen LogP contribution in [0.1, 0.15) is 88.0 Å². The Morgan fingerprint density at radius 2 is 1.48 bits per heavy atom. The van der Waals surface area contributed by atoms with Gasteiger partial charge < -0.3 is 20.0 Å². The average Bonchev–Trinajstić information content (AvgIpc) is 3.49. The summed E-state index contributed by atoms with van der Waals surface area (Å²) in [4.78, 5) is 74.1. The molecule has 0 aromatic heterocycles. The molecule has 1 aliphatic carbocycles. The van der Waals surface area contributed by atoms with Gasteiger partial charge in [0.05, 0.1) is 21.7 Å². The molecule has 4 heterocycles. The van der Waals surface area contributed by atoms with E-state index in [0.717, 1.165) is 106 Å². The molecule has 3 saturated heterocycles. The molecule has 1 atom stereocenters. The number of nitriles is 1. The third-order valence-electron chi connectivity index (χ3n) is 12.8. The second-order valence-corrected chi connectivity index (χ2v) is 16.7. The lowest BCUT2D eigenvalue weighted by Gasteiger charge is -2.40. The van der Waals surface area contributed by atoms with Gasteiger partial charge in [-0.05, 0) is 112 Å². The van der Waals surface area contributed by atoms with Crippen LogP contribution in [0.4, 0.5) is 17.1 Å². The molecule has 14 heteroatoms. The van der Waals surface area contributed by atoms with E-state index in [-0.39, 0.29) is 30.7 Å². The fourth-order valence-electron chi connectivity index (χ4n) is 9.31. The third kappa shape index (κ3) is 8.13. The number of nitrogens with one attached hydrogen (secondary N) is 2. The van der Waals surface area contributed by atoms with Crippen molar-refractivity contribution in [2.24, 2.45) is 5.92 Å². The maximum Gasteiger partial charge on any atom is 0.262 e. The third-order valence-corrected chi connectivity index (χ3v) is 13.2. The van der Waals surface area contributed by atoms with Crippen LogP contribution < -0.4 is 25.3 Å². The van der Waals surface area contributed by atoms with E-state index in [4.69, 9.17) is 11.6 Å². The van der Waals surface area contributed by atoms with Crippen LogP contribution in [0, 0.1) is 17.2 Å². The number of hydrogen-bond acceptors (Lipinski definition) is 10. The van der Waals surface area contributed by atoms with Crippen molar-refractivity contribution in [3.63, 3.8) is 0 Å². The van der Waals surface area contributed by atoms with Crippen LogP contribution in [0.2, 0.25) is 5.02 Å². The molecular formula is C44H49ClN8O5. The van der Waals surface area contributed by atoms with E-state index in [1.807, 2.05) is 30.3 Å². The molecule has 0 bridgehead atoms. The number of anilines is 3. The van der Waals surface area contributed by atoms with E-state index in [2.05, 4.69) is 55.5 Å². The van der Waals surface area contributed by atoms with Gasteiger partial charge in [-0.1, -0.05) is 11.6 Å². The highest BCUT2D eigenvalue weighted by molar-refractivity contribution is 6.32. The van der Waals surface area contributed by atoms with Gasteiger partial charge in [-0.15, -0.1) is 0 Å². The topological polar surface area (TPSA) is 149 Å². The second kappa shape index (κ2) is 16.8. The predicted molar refractivity (Wildman–Crippen MR) is 221 cm³/mol. The molecule has 3 aromatic carbocycles. The van der Waals surface area contributed by atoms with Gasteiger partial charge >= 0.3 is 0 Å². The summed E-state index contributed by atoms with van der Waals surface area (Å²) in [6.45, 7) is 6.56. The van der Waals surface area contributed by atoms with E-state index in [1.165, 1.54) is 0 Å². The summed E-state index contributed by atoms with van der Waals surface area (Å²) >= 11 is 6.27. The van der Waals surface area contributed by atoms with Crippen LogP contribution in [0.25, 0.3) is 0 Å². The summed E-state index contributed by atoms with van der Waals surface area (Å²) < 4.78 is 0. The van der Waals surface area contributed by atoms with Gasteiger partial charge in [0.15, 0.2) is 0 Å². The fourth-order valence-corrected chi connectivity index (χ4v) is 9.52. The lowest BCUT2D eigenvalue weighted by atomic mass is 9.90. The first-order valence-corrected chi connectivity index (χ1v) is 20.9. The Hall–Kier alpha value is -5.45. The van der Waals surface area contributed by atoms with Crippen LogP contribution in [-0.4, -0.2) is 110 Å². The summed E-state index contributed by atoms with van der Waals surface area (Å²) in [5.41, 5.74) is 4.80. The van der Waals surface area contributed by atoms with Crippen LogP contribution in [0.3, 0.4) is 0 Å². The first-order chi connectivity index (χ1) is 28.1. The van der Waals surface area contributed by atoms with Crippen LogP contribution >= 0.6 is 11.6 Å². The number of piperidine rings is 2. The Balaban J connectivity index is 0.757. The Bertz CT molecular complexity index is 2130. The Morgan fingerprint density at radius 3 is 2.16 bits per heavy atom. The molecular weight excluding hydrogens is 756 g/mol. The molecule has 1 unspecified atom stereocenters. The molecule has 58 heavy (non-hydrogen) atoms. The van der Waals surface area contributed by atoms with Gasteiger partial charge in [-0.2, -0.15) is 5.26 Å². The first kappa shape index (κ1) is 39.4. The zero-order valence-electron chi connectivity index (χ0n) is 32.8. The average molecular weight is 805 g/mol. The smallest absolute Gasteiger partial charge is 0.262 e. The maximum absolute atomic E-state index is 13.3. The minimum Gasteiger partial charge on any atom is -0.372 e. The number of amides is 5. The maximum atomic E-state index is 13.3. The highest BCUT2D eigenvalue weighted by Gasteiger charge is 2.45. The van der Waals surface area contributed by atoms with Crippen molar-refractivity contribution in [3.8, 4) is 6.07 Å². The van der Waals surface area contributed by atoms with E-state index >= 15 is 0 Å². The molecule has 13 nitrogen and oxygen atoms in total. The highest BCUT2D eigenvalue weighted by atomic mass is 35.5. The molecule has 5 aliphatic rings. The normalized spacial score (nSPS) is 23.1. The van der Waals surface area contributed by atoms with Gasteiger partial charge in [0.1, 0.15) is 12.1 Å². The monoisotopic (exact) mass is 804 g/mol. The number of halogens is 1. The van der Waals surface area contributed by atoms with Gasteiger partial charge in [0.25, 0.3) is 17.7 Å². The van der Waals surface area contributed by atoms with E-state index < -0.39 is 23.8 Å². The zero-order valence-corrected chi connectivity index (χ0v) is 33.5. The summed E-state index contributed by atoms with van der Waals surface area (Å²) in [5.74, 6) is -1.42. The van der Waals surface area contributed by atoms with Gasteiger partial charge in [0, 0.05) is 94.0 Å². The van der Waals surface area contributed by atoms with E-state index in [0.29, 0.717) is 39.2 Å². The minimum absolute atomic E-state index is 0.0331. The number of benzene rings is 3. The lowest BCUT2D eigenvalue weighted by Crippen LogP contribution is -2.54. The predicted octanol–water partition coefficient (Wildman–Crippen LogP) is 4.83. The van der Waals surface area contributed by atoms with Crippen molar-refractivity contribution in [3.05, 3.63) is 87.9 Å². The molecule has 8 rings (SSSR count). The van der Waals surface area contributed by atoms with Gasteiger partial charge in [-0.3, -0.25) is 39.1 Å². The number of piperazine rings is 1. The molecule has 302 valence electrons. The number of rotatable bonds is 9. The highest BCUT2D eigenvalue weighted by Crippen LogP contribution is 2.33. The standard InChI is InChI=1S/C44H49ClN8O5/c1-49(34-9-4-30(26-46)38(45)25-34)32-10-5-31(6-11-32)47-41(55)29-2-7-33(8-3-29)52-22-20-50(21-23-52)27-28-16-18-51(19-17-28)35-12-13-36-37(24-35)44(58)53(43(36)57)39-14-15-40(54)48-42(39)56/h2-4,7-9,12-13,24-25,28,31-32,39H,5-6,10-11,14-23,27H2,1H3,(H,47,55)(H,48,54,56)/t31-,32-,39?. The second-order valence-electron chi connectivity index (χ2n) is 16.3. The van der Waals surface area contributed by atoms with Crippen LogP contribution in [-0.2, 0) is 9.59 Å². The molecule has 4 aliphatic heterocycles. The molecule has 2 N–H and O–H groups in total. The number of carbonyl (C=O) groups is 5. The quantitative estimate of drug-likeness (QED) is 0.288. The number of hydrogen-bond donors (Lipinski definition) is 2. The summed E-state index contributed by atoms with van der Waals surface area (Å²) in [7, 11) is 2.06. The molecule has 0 radical (unpaired) electrons. The van der Waals surface area contributed by atoms with Crippen molar-refractivity contribution in [2.75, 3.05) is 67.6 Å².